The van der Waals surface area contributed by atoms with E-state index in [0.29, 0.717) is 25.7 Å². The van der Waals surface area contributed by atoms with Crippen LogP contribution in [0.25, 0.3) is 0 Å². The summed E-state index contributed by atoms with van der Waals surface area (Å²) in [6.07, 6.45) is 0. The van der Waals surface area contributed by atoms with E-state index in [0.717, 1.165) is 17.7 Å². The largest absolute Gasteiger partial charge is 0.379 e. The van der Waals surface area contributed by atoms with E-state index in [9.17, 15) is 14.9 Å². The van der Waals surface area contributed by atoms with Gasteiger partial charge >= 0.3 is 5.69 Å². The zero-order valence-corrected chi connectivity index (χ0v) is 14.7. The number of rotatable bonds is 5. The smallest absolute Gasteiger partial charge is 0.332 e. The number of nitrogens with zero attached hydrogens (tertiary/aromatic N) is 4. The molecule has 0 aromatic carbocycles. The lowest BCUT2D eigenvalue weighted by molar-refractivity contribution is 0.00951. The number of aromatic nitrogens is 2. The molecule has 0 saturated carbocycles. The Morgan fingerprint density at radius 2 is 1.83 bits per heavy atom. The fourth-order valence-electron chi connectivity index (χ4n) is 3.05. The predicted molar refractivity (Wildman–Crippen MR) is 91.1 cm³/mol. The lowest BCUT2D eigenvalue weighted by Gasteiger charge is -2.37. The van der Waals surface area contributed by atoms with Crippen LogP contribution in [-0.4, -0.2) is 52.9 Å². The van der Waals surface area contributed by atoms with Crippen molar-refractivity contribution in [3.8, 4) is 6.07 Å². The second kappa shape index (κ2) is 7.64. The third kappa shape index (κ3) is 3.52. The molecule has 8 nitrogen and oxygen atoms in total. The van der Waals surface area contributed by atoms with Crippen molar-refractivity contribution in [1.29, 1.82) is 5.26 Å². The molecule has 2 heterocycles. The van der Waals surface area contributed by atoms with Crippen LogP contribution in [-0.2, 0) is 18.8 Å². The summed E-state index contributed by atoms with van der Waals surface area (Å²) in [6, 6.07) is 2.14. The van der Waals surface area contributed by atoms with Crippen LogP contribution in [0.2, 0.25) is 0 Å². The van der Waals surface area contributed by atoms with Gasteiger partial charge in [-0.2, -0.15) is 5.26 Å². The highest BCUT2D eigenvalue weighted by Gasteiger charge is 2.25. The first-order valence-corrected chi connectivity index (χ1v) is 8.14. The molecule has 132 valence electrons. The zero-order valence-electron chi connectivity index (χ0n) is 14.7. The van der Waals surface area contributed by atoms with E-state index in [1.165, 1.54) is 11.6 Å². The Morgan fingerprint density at radius 1 is 1.21 bits per heavy atom. The molecule has 1 aromatic rings. The Morgan fingerprint density at radius 3 is 2.38 bits per heavy atom. The van der Waals surface area contributed by atoms with Gasteiger partial charge in [0.2, 0.25) is 0 Å². The third-order valence-corrected chi connectivity index (χ3v) is 4.54. The standard InChI is InChI=1S/C16H25N5O3/c1-11(2)13(21-5-7-24-8-6-21)10-18-14-12(9-17)15(22)20(4)16(23)19(14)3/h11,13,18H,5-8,10H2,1-4H3. The van der Waals surface area contributed by atoms with E-state index in [1.54, 1.807) is 7.05 Å². The van der Waals surface area contributed by atoms with Gasteiger partial charge in [-0.25, -0.2) is 4.79 Å². The minimum Gasteiger partial charge on any atom is -0.379 e. The number of morpholine rings is 1. The van der Waals surface area contributed by atoms with Crippen LogP contribution in [0.5, 0.6) is 0 Å². The Labute approximate surface area is 141 Å². The molecule has 1 saturated heterocycles. The van der Waals surface area contributed by atoms with E-state index >= 15 is 0 Å². The zero-order chi connectivity index (χ0) is 17.9. The Kier molecular flexibility index (Phi) is 5.80. The highest BCUT2D eigenvalue weighted by Crippen LogP contribution is 2.15. The monoisotopic (exact) mass is 335 g/mol. The summed E-state index contributed by atoms with van der Waals surface area (Å²) in [4.78, 5) is 26.6. The van der Waals surface area contributed by atoms with E-state index in [-0.39, 0.29) is 17.4 Å². The summed E-state index contributed by atoms with van der Waals surface area (Å²) in [5, 5.41) is 12.5. The summed E-state index contributed by atoms with van der Waals surface area (Å²) in [5.41, 5.74) is -1.06. The van der Waals surface area contributed by atoms with Crippen LogP contribution >= 0.6 is 0 Å². The van der Waals surface area contributed by atoms with Crippen LogP contribution < -0.4 is 16.6 Å². The predicted octanol–water partition coefficient (Wildman–Crippen LogP) is -0.276. The fourth-order valence-corrected chi connectivity index (χ4v) is 3.05. The molecule has 1 aliphatic rings. The molecular weight excluding hydrogens is 310 g/mol. The van der Waals surface area contributed by atoms with Gasteiger partial charge in [-0.1, -0.05) is 13.8 Å². The van der Waals surface area contributed by atoms with Crippen molar-refractivity contribution in [2.45, 2.75) is 19.9 Å². The van der Waals surface area contributed by atoms with Crippen molar-refractivity contribution in [3.05, 3.63) is 26.4 Å². The van der Waals surface area contributed by atoms with Crippen LogP contribution in [0, 0.1) is 17.2 Å². The number of nitriles is 1. The first-order valence-electron chi connectivity index (χ1n) is 8.14. The lowest BCUT2D eigenvalue weighted by Crippen LogP contribution is -2.49. The van der Waals surface area contributed by atoms with Crippen molar-refractivity contribution in [3.63, 3.8) is 0 Å². The number of hydrogen-bond donors (Lipinski definition) is 1. The van der Waals surface area contributed by atoms with Gasteiger partial charge in [-0.3, -0.25) is 18.8 Å². The Balaban J connectivity index is 2.28. The first kappa shape index (κ1) is 18.2. The molecule has 1 aromatic heterocycles. The van der Waals surface area contributed by atoms with Gasteiger partial charge in [0.25, 0.3) is 5.56 Å². The Hall–Kier alpha value is -2.11. The molecule has 1 N–H and O–H groups in total. The molecule has 0 spiro atoms. The van der Waals surface area contributed by atoms with Crippen LogP contribution in [0.1, 0.15) is 19.4 Å². The normalized spacial score (nSPS) is 16.8. The lowest BCUT2D eigenvalue weighted by atomic mass is 10.0. The first-order chi connectivity index (χ1) is 11.4. The van der Waals surface area contributed by atoms with E-state index in [2.05, 4.69) is 24.1 Å². The van der Waals surface area contributed by atoms with Crippen molar-refractivity contribution in [2.24, 2.45) is 20.0 Å². The fraction of sp³-hybridized carbons (Fsp3) is 0.688. The molecule has 1 atom stereocenters. The number of ether oxygens (including phenoxy) is 1. The maximum Gasteiger partial charge on any atom is 0.332 e. The van der Waals surface area contributed by atoms with E-state index < -0.39 is 11.2 Å². The third-order valence-electron chi connectivity index (χ3n) is 4.54. The van der Waals surface area contributed by atoms with Gasteiger partial charge in [0.15, 0.2) is 5.56 Å². The minimum absolute atomic E-state index is 0.0379. The van der Waals surface area contributed by atoms with Gasteiger partial charge in [-0.05, 0) is 5.92 Å². The molecular formula is C16H25N5O3. The van der Waals surface area contributed by atoms with Crippen molar-refractivity contribution in [2.75, 3.05) is 38.2 Å². The second-order valence-corrected chi connectivity index (χ2v) is 6.38. The van der Waals surface area contributed by atoms with Gasteiger partial charge in [-0.15, -0.1) is 0 Å². The maximum atomic E-state index is 12.1. The quantitative estimate of drug-likeness (QED) is 0.796. The molecule has 2 rings (SSSR count). The summed E-state index contributed by atoms with van der Waals surface area (Å²) >= 11 is 0. The summed E-state index contributed by atoms with van der Waals surface area (Å²) in [7, 11) is 2.93. The molecule has 1 aliphatic heterocycles. The number of anilines is 1. The average molecular weight is 335 g/mol. The average Bonchev–Trinajstić information content (AvgIpc) is 2.58. The molecule has 0 aliphatic carbocycles. The van der Waals surface area contributed by atoms with Gasteiger partial charge < -0.3 is 10.1 Å². The second-order valence-electron chi connectivity index (χ2n) is 6.38. The summed E-state index contributed by atoms with van der Waals surface area (Å²) in [5.74, 6) is 0.661. The van der Waals surface area contributed by atoms with Crippen molar-refractivity contribution < 1.29 is 4.74 Å². The molecule has 24 heavy (non-hydrogen) atoms. The van der Waals surface area contributed by atoms with E-state index in [4.69, 9.17) is 4.74 Å². The minimum atomic E-state index is -0.574. The highest BCUT2D eigenvalue weighted by molar-refractivity contribution is 5.51. The van der Waals surface area contributed by atoms with Crippen molar-refractivity contribution in [1.82, 2.24) is 14.0 Å². The Bertz CT molecular complexity index is 738. The van der Waals surface area contributed by atoms with Gasteiger partial charge in [0.05, 0.1) is 13.2 Å². The topological polar surface area (TPSA) is 92.3 Å². The molecule has 0 amide bonds. The maximum absolute atomic E-state index is 12.1. The van der Waals surface area contributed by atoms with Crippen LogP contribution in [0.4, 0.5) is 5.82 Å². The van der Waals surface area contributed by atoms with Crippen LogP contribution in [0.3, 0.4) is 0 Å². The molecule has 0 radical (unpaired) electrons. The molecule has 0 bridgehead atoms. The number of hydrogen-bond acceptors (Lipinski definition) is 6. The highest BCUT2D eigenvalue weighted by atomic mass is 16.5. The van der Waals surface area contributed by atoms with Crippen molar-refractivity contribution >= 4 is 5.82 Å². The van der Waals surface area contributed by atoms with Gasteiger partial charge in [0, 0.05) is 39.8 Å². The number of nitrogens with one attached hydrogen (secondary N) is 1. The molecule has 1 fully saturated rings. The van der Waals surface area contributed by atoms with Gasteiger partial charge in [0.1, 0.15) is 11.9 Å². The molecule has 1 unspecified atom stereocenters. The van der Waals surface area contributed by atoms with Crippen LogP contribution in [0.15, 0.2) is 9.59 Å². The van der Waals surface area contributed by atoms with E-state index in [1.807, 2.05) is 6.07 Å². The molecule has 8 heteroatoms. The SMILES string of the molecule is CC(C)C(CNc1c(C#N)c(=O)n(C)c(=O)n1C)N1CCOCC1. The summed E-state index contributed by atoms with van der Waals surface area (Å²) in [6.45, 7) is 7.93. The summed E-state index contributed by atoms with van der Waals surface area (Å²) < 4.78 is 7.66.